The van der Waals surface area contributed by atoms with Crippen LogP contribution >= 0.6 is 0 Å². The summed E-state index contributed by atoms with van der Waals surface area (Å²) in [5.41, 5.74) is 10.0. The lowest BCUT2D eigenvalue weighted by molar-refractivity contribution is 0.447. The van der Waals surface area contributed by atoms with Crippen molar-refractivity contribution in [2.24, 2.45) is 11.7 Å². The molecule has 1 saturated carbocycles. The molecule has 0 unspecified atom stereocenters. The average Bonchev–Trinajstić information content (AvgIpc) is 2.72. The zero-order valence-corrected chi connectivity index (χ0v) is 10.8. The van der Waals surface area contributed by atoms with E-state index in [4.69, 9.17) is 5.73 Å². The van der Waals surface area contributed by atoms with Crippen molar-refractivity contribution in [2.75, 3.05) is 0 Å². The van der Waals surface area contributed by atoms with Crippen molar-refractivity contribution in [3.05, 3.63) is 42.0 Å². The van der Waals surface area contributed by atoms with Crippen LogP contribution in [0.15, 0.2) is 30.8 Å². The van der Waals surface area contributed by atoms with E-state index in [9.17, 15) is 0 Å². The van der Waals surface area contributed by atoms with Gasteiger partial charge in [-0.3, -0.25) is 0 Å². The van der Waals surface area contributed by atoms with Crippen LogP contribution in [-0.2, 0) is 6.42 Å². The SMILES string of the molecule is C=C(C)c1ccccc1CC[C@@H]1CCC[C@@H]1N. The molecule has 0 aromatic heterocycles. The first-order valence-corrected chi connectivity index (χ1v) is 6.68. The van der Waals surface area contributed by atoms with Gasteiger partial charge in [-0.15, -0.1) is 0 Å². The summed E-state index contributed by atoms with van der Waals surface area (Å²) in [6.45, 7) is 6.14. The highest BCUT2D eigenvalue weighted by molar-refractivity contribution is 5.64. The molecular weight excluding hydrogens is 206 g/mol. The molecule has 0 heterocycles. The molecule has 0 spiro atoms. The Morgan fingerprint density at radius 1 is 1.35 bits per heavy atom. The van der Waals surface area contributed by atoms with Crippen LogP contribution in [0, 0.1) is 5.92 Å². The first kappa shape index (κ1) is 12.4. The number of aryl methyl sites for hydroxylation is 1. The molecule has 0 saturated heterocycles. The molecule has 1 fully saturated rings. The molecular formula is C16H23N. The summed E-state index contributed by atoms with van der Waals surface area (Å²) >= 11 is 0. The van der Waals surface area contributed by atoms with Gasteiger partial charge in [0.2, 0.25) is 0 Å². The fourth-order valence-electron chi connectivity index (χ4n) is 2.92. The van der Waals surface area contributed by atoms with E-state index in [1.54, 1.807) is 0 Å². The number of rotatable bonds is 4. The molecule has 17 heavy (non-hydrogen) atoms. The van der Waals surface area contributed by atoms with E-state index < -0.39 is 0 Å². The molecule has 2 N–H and O–H groups in total. The Hall–Kier alpha value is -1.08. The van der Waals surface area contributed by atoms with E-state index in [1.807, 2.05) is 0 Å². The second kappa shape index (κ2) is 5.50. The Labute approximate surface area is 105 Å². The zero-order chi connectivity index (χ0) is 12.3. The van der Waals surface area contributed by atoms with Crippen LogP contribution < -0.4 is 5.73 Å². The van der Waals surface area contributed by atoms with E-state index >= 15 is 0 Å². The topological polar surface area (TPSA) is 26.0 Å². The molecule has 0 aliphatic heterocycles. The summed E-state index contributed by atoms with van der Waals surface area (Å²) < 4.78 is 0. The smallest absolute Gasteiger partial charge is 0.00672 e. The number of hydrogen-bond donors (Lipinski definition) is 1. The maximum atomic E-state index is 6.12. The van der Waals surface area contributed by atoms with Crippen LogP contribution in [0.2, 0.25) is 0 Å². The highest BCUT2D eigenvalue weighted by atomic mass is 14.7. The summed E-state index contributed by atoms with van der Waals surface area (Å²) in [4.78, 5) is 0. The van der Waals surface area contributed by atoms with Gasteiger partial charge in [-0.1, -0.05) is 42.8 Å². The van der Waals surface area contributed by atoms with E-state index in [2.05, 4.69) is 37.8 Å². The van der Waals surface area contributed by atoms with Crippen LogP contribution in [-0.4, -0.2) is 6.04 Å². The van der Waals surface area contributed by atoms with Gasteiger partial charge in [-0.2, -0.15) is 0 Å². The van der Waals surface area contributed by atoms with Crippen molar-refractivity contribution >= 4 is 5.57 Å². The quantitative estimate of drug-likeness (QED) is 0.835. The summed E-state index contributed by atoms with van der Waals surface area (Å²) in [5, 5.41) is 0. The van der Waals surface area contributed by atoms with Crippen molar-refractivity contribution in [1.29, 1.82) is 0 Å². The molecule has 2 rings (SSSR count). The summed E-state index contributed by atoms with van der Waals surface area (Å²) in [6, 6.07) is 9.05. The van der Waals surface area contributed by atoms with Gasteiger partial charge in [0.25, 0.3) is 0 Å². The first-order valence-electron chi connectivity index (χ1n) is 6.68. The molecule has 0 amide bonds. The minimum Gasteiger partial charge on any atom is -0.327 e. The molecule has 1 nitrogen and oxygen atoms in total. The molecule has 1 aromatic rings. The Bertz CT molecular complexity index is 394. The first-order chi connectivity index (χ1) is 8.18. The van der Waals surface area contributed by atoms with Crippen LogP contribution in [0.4, 0.5) is 0 Å². The van der Waals surface area contributed by atoms with Crippen molar-refractivity contribution in [2.45, 2.75) is 45.1 Å². The minimum atomic E-state index is 0.437. The second-order valence-corrected chi connectivity index (χ2v) is 5.33. The van der Waals surface area contributed by atoms with Crippen molar-refractivity contribution in [3.8, 4) is 0 Å². The summed E-state index contributed by atoms with van der Waals surface area (Å²) in [5.74, 6) is 0.730. The molecule has 0 bridgehead atoms. The normalized spacial score (nSPS) is 23.9. The van der Waals surface area contributed by atoms with Gasteiger partial charge in [-0.25, -0.2) is 0 Å². The maximum absolute atomic E-state index is 6.12. The summed E-state index contributed by atoms with van der Waals surface area (Å²) in [6.07, 6.45) is 6.21. The monoisotopic (exact) mass is 229 g/mol. The molecule has 2 atom stereocenters. The standard InChI is InChI=1S/C16H23N/c1-12(2)15-8-4-3-6-13(15)10-11-14-7-5-9-16(14)17/h3-4,6,8,14,16H,1,5,7,9-11,17H2,2H3/t14-,16-/m0/s1. The fourth-order valence-corrected chi connectivity index (χ4v) is 2.92. The lowest BCUT2D eigenvalue weighted by Gasteiger charge is -2.16. The largest absolute Gasteiger partial charge is 0.327 e. The van der Waals surface area contributed by atoms with Crippen LogP contribution in [0.25, 0.3) is 5.57 Å². The highest BCUT2D eigenvalue weighted by Crippen LogP contribution is 2.29. The molecule has 1 aromatic carbocycles. The maximum Gasteiger partial charge on any atom is 0.00672 e. The van der Waals surface area contributed by atoms with Crippen molar-refractivity contribution < 1.29 is 0 Å². The van der Waals surface area contributed by atoms with E-state index in [-0.39, 0.29) is 0 Å². The second-order valence-electron chi connectivity index (χ2n) is 5.33. The fraction of sp³-hybridized carbons (Fsp3) is 0.500. The van der Waals surface area contributed by atoms with Crippen LogP contribution in [0.3, 0.4) is 0 Å². The van der Waals surface area contributed by atoms with Gasteiger partial charge in [-0.05, 0) is 49.7 Å². The lowest BCUT2D eigenvalue weighted by atomic mass is 9.92. The molecule has 1 aliphatic carbocycles. The average molecular weight is 229 g/mol. The van der Waals surface area contributed by atoms with Gasteiger partial charge < -0.3 is 5.73 Å². The van der Waals surface area contributed by atoms with Gasteiger partial charge in [0, 0.05) is 6.04 Å². The van der Waals surface area contributed by atoms with Gasteiger partial charge in [0.05, 0.1) is 0 Å². The Balaban J connectivity index is 2.01. The number of nitrogens with two attached hydrogens (primary N) is 1. The molecule has 92 valence electrons. The lowest BCUT2D eigenvalue weighted by Crippen LogP contribution is -2.24. The minimum absolute atomic E-state index is 0.437. The third kappa shape index (κ3) is 2.98. The van der Waals surface area contributed by atoms with Crippen molar-refractivity contribution in [1.82, 2.24) is 0 Å². The predicted molar refractivity (Wildman–Crippen MR) is 74.8 cm³/mol. The van der Waals surface area contributed by atoms with Gasteiger partial charge in [0.1, 0.15) is 0 Å². The Kier molecular flexibility index (Phi) is 4.01. The Morgan fingerprint density at radius 3 is 2.76 bits per heavy atom. The third-order valence-corrected chi connectivity index (χ3v) is 3.98. The van der Waals surface area contributed by atoms with Gasteiger partial charge in [0.15, 0.2) is 0 Å². The Morgan fingerprint density at radius 2 is 2.12 bits per heavy atom. The van der Waals surface area contributed by atoms with Gasteiger partial charge >= 0.3 is 0 Å². The molecule has 0 radical (unpaired) electrons. The number of benzene rings is 1. The number of allylic oxidation sites excluding steroid dienone is 1. The predicted octanol–water partition coefficient (Wildman–Crippen LogP) is 3.78. The van der Waals surface area contributed by atoms with Crippen LogP contribution in [0.5, 0.6) is 0 Å². The van der Waals surface area contributed by atoms with E-state index in [0.717, 1.165) is 17.9 Å². The van der Waals surface area contributed by atoms with E-state index in [1.165, 1.54) is 36.8 Å². The number of hydrogen-bond acceptors (Lipinski definition) is 1. The molecule has 1 heteroatoms. The van der Waals surface area contributed by atoms with Crippen molar-refractivity contribution in [3.63, 3.8) is 0 Å². The molecule has 1 aliphatic rings. The summed E-state index contributed by atoms with van der Waals surface area (Å²) in [7, 11) is 0. The highest BCUT2D eigenvalue weighted by Gasteiger charge is 2.23. The zero-order valence-electron chi connectivity index (χ0n) is 10.8. The third-order valence-electron chi connectivity index (χ3n) is 3.98. The van der Waals surface area contributed by atoms with Crippen LogP contribution in [0.1, 0.15) is 43.7 Å². The van der Waals surface area contributed by atoms with E-state index in [0.29, 0.717) is 6.04 Å².